The Bertz CT molecular complexity index is 2010. The molecule has 0 saturated heterocycles. The molecule has 5 heteroatoms. The van der Waals surface area contributed by atoms with E-state index in [-0.39, 0.29) is 0 Å². The van der Waals surface area contributed by atoms with Gasteiger partial charge in [-0.25, -0.2) is 4.98 Å². The minimum Gasteiger partial charge on any atom is -0.439 e. The van der Waals surface area contributed by atoms with Crippen molar-refractivity contribution in [2.24, 2.45) is 0 Å². The average Bonchev–Trinajstić information content (AvgIpc) is 3.26. The number of ether oxygens (including phenoxy) is 1. The summed E-state index contributed by atoms with van der Waals surface area (Å²) in [6.45, 7) is 0. The van der Waals surface area contributed by atoms with Crippen LogP contribution in [0.1, 0.15) is 11.1 Å². The Kier molecular flexibility index (Phi) is 5.38. The molecule has 41 heavy (non-hydrogen) atoms. The lowest BCUT2D eigenvalue weighted by Gasteiger charge is -2.26. The Morgan fingerprint density at radius 3 is 2.12 bits per heavy atom. The number of anilines is 3. The first kappa shape index (κ1) is 23.2. The highest BCUT2D eigenvalue weighted by Gasteiger charge is 2.21. The molecule has 5 nitrogen and oxygen atoms in total. The summed E-state index contributed by atoms with van der Waals surface area (Å²) in [6, 6.07) is 43.2. The molecule has 0 bridgehead atoms. The number of para-hydroxylation sites is 3. The van der Waals surface area contributed by atoms with Gasteiger partial charge in [-0.2, -0.15) is 4.98 Å². The normalized spacial score (nSPS) is 12.2. The third kappa shape index (κ3) is 3.95. The van der Waals surface area contributed by atoms with Crippen LogP contribution in [0.4, 0.5) is 17.2 Å². The molecule has 0 aliphatic carbocycles. The predicted molar refractivity (Wildman–Crippen MR) is 166 cm³/mol. The van der Waals surface area contributed by atoms with Crippen molar-refractivity contribution in [2.75, 3.05) is 4.90 Å². The van der Waals surface area contributed by atoms with Crippen molar-refractivity contribution in [3.63, 3.8) is 0 Å². The first-order valence-corrected chi connectivity index (χ1v) is 13.6. The molecule has 0 radical (unpaired) electrons. The van der Waals surface area contributed by atoms with Crippen molar-refractivity contribution < 1.29 is 4.74 Å². The maximum absolute atomic E-state index is 6.39. The zero-order valence-corrected chi connectivity index (χ0v) is 22.1. The molecule has 4 heterocycles. The lowest BCUT2D eigenvalue weighted by atomic mass is 10.1. The zero-order chi connectivity index (χ0) is 27.2. The average molecular weight is 529 g/mol. The van der Waals surface area contributed by atoms with Gasteiger partial charge in [-0.3, -0.25) is 9.47 Å². The number of rotatable bonds is 4. The van der Waals surface area contributed by atoms with Crippen molar-refractivity contribution in [1.82, 2.24) is 14.5 Å². The van der Waals surface area contributed by atoms with Crippen molar-refractivity contribution in [2.45, 2.75) is 0 Å². The molecule has 0 fully saturated rings. The fraction of sp³-hybridized carbons (Fsp3) is 0. The van der Waals surface area contributed by atoms with E-state index in [2.05, 4.69) is 107 Å². The van der Waals surface area contributed by atoms with Crippen LogP contribution in [0.5, 0.6) is 11.6 Å². The number of hydrogen-bond acceptors (Lipinski definition) is 4. The topological polar surface area (TPSA) is 43.2 Å². The maximum Gasteiger partial charge on any atom is 0.221 e. The maximum atomic E-state index is 6.39. The largest absolute Gasteiger partial charge is 0.439 e. The molecular weight excluding hydrogens is 504 g/mol. The number of nitrogens with zero attached hydrogens (tertiary/aromatic N) is 4. The Labute approximate surface area is 237 Å². The van der Waals surface area contributed by atoms with E-state index in [0.29, 0.717) is 11.6 Å². The van der Waals surface area contributed by atoms with Gasteiger partial charge in [0, 0.05) is 29.1 Å². The highest BCUT2D eigenvalue weighted by molar-refractivity contribution is 6.07. The molecule has 1 aliphatic rings. The lowest BCUT2D eigenvalue weighted by molar-refractivity contribution is 0.463. The highest BCUT2D eigenvalue weighted by atomic mass is 16.5. The summed E-state index contributed by atoms with van der Waals surface area (Å²) < 4.78 is 8.57. The van der Waals surface area contributed by atoms with Gasteiger partial charge < -0.3 is 4.74 Å². The van der Waals surface area contributed by atoms with Crippen LogP contribution >= 0.6 is 0 Å². The molecule has 0 amide bonds. The smallest absolute Gasteiger partial charge is 0.221 e. The number of hydrogen-bond donors (Lipinski definition) is 0. The van der Waals surface area contributed by atoms with Crippen LogP contribution in [-0.2, 0) is 0 Å². The highest BCUT2D eigenvalue weighted by Crippen LogP contribution is 2.41. The molecule has 0 spiro atoms. The standard InChI is InChI=1S/C36H24N4O/c1-4-16-31-25(10-1)21-22-26-11-2-5-17-32(26)40(31)34-19-8-20-35(38-34)41-28-13-7-12-27(24-28)39-33-18-6-3-14-29(33)30-15-9-23-37-36(30)39/h1-24H. The van der Waals surface area contributed by atoms with Crippen LogP contribution in [0.15, 0.2) is 134 Å². The van der Waals surface area contributed by atoms with Gasteiger partial charge in [0.2, 0.25) is 5.88 Å². The van der Waals surface area contributed by atoms with Crippen LogP contribution < -0.4 is 9.64 Å². The summed E-state index contributed by atoms with van der Waals surface area (Å²) in [5, 5.41) is 2.29. The van der Waals surface area contributed by atoms with Gasteiger partial charge in [0.05, 0.1) is 22.6 Å². The fourth-order valence-corrected chi connectivity index (χ4v) is 5.67. The molecule has 194 valence electrons. The molecule has 0 atom stereocenters. The third-order valence-corrected chi connectivity index (χ3v) is 7.47. The molecule has 3 aromatic heterocycles. The van der Waals surface area contributed by atoms with Gasteiger partial charge in [0.1, 0.15) is 17.2 Å². The Balaban J connectivity index is 1.20. The van der Waals surface area contributed by atoms with E-state index < -0.39 is 0 Å². The minimum absolute atomic E-state index is 0.521. The molecule has 1 aliphatic heterocycles. The Morgan fingerprint density at radius 2 is 1.29 bits per heavy atom. The molecule has 7 aromatic rings. The quantitative estimate of drug-likeness (QED) is 0.228. The number of aromatic nitrogens is 3. The van der Waals surface area contributed by atoms with E-state index in [0.717, 1.165) is 50.6 Å². The first-order chi connectivity index (χ1) is 20.3. The summed E-state index contributed by atoms with van der Waals surface area (Å²) in [6.07, 6.45) is 6.15. The van der Waals surface area contributed by atoms with Gasteiger partial charge in [0.25, 0.3) is 0 Å². The predicted octanol–water partition coefficient (Wildman–Crippen LogP) is 9.32. The zero-order valence-electron chi connectivity index (χ0n) is 22.1. The minimum atomic E-state index is 0.521. The summed E-state index contributed by atoms with van der Waals surface area (Å²) in [4.78, 5) is 11.9. The Morgan fingerprint density at radius 1 is 0.585 bits per heavy atom. The van der Waals surface area contributed by atoms with Gasteiger partial charge >= 0.3 is 0 Å². The van der Waals surface area contributed by atoms with E-state index in [4.69, 9.17) is 14.7 Å². The summed E-state index contributed by atoms with van der Waals surface area (Å²) in [7, 11) is 0. The molecule has 0 saturated carbocycles. The molecule has 0 unspecified atom stereocenters. The van der Waals surface area contributed by atoms with Gasteiger partial charge in [-0.15, -0.1) is 0 Å². The van der Waals surface area contributed by atoms with Gasteiger partial charge in [-0.05, 0) is 59.7 Å². The second-order valence-electron chi connectivity index (χ2n) is 9.95. The number of fused-ring (bicyclic) bond motifs is 5. The van der Waals surface area contributed by atoms with Crippen LogP contribution in [0.25, 0.3) is 39.8 Å². The molecule has 0 N–H and O–H groups in total. The summed E-state index contributed by atoms with van der Waals surface area (Å²) in [5.74, 6) is 2.01. The molecular formula is C36H24N4O. The van der Waals surface area contributed by atoms with Crippen molar-refractivity contribution in [3.05, 3.63) is 145 Å². The van der Waals surface area contributed by atoms with Gasteiger partial charge in [-0.1, -0.05) is 78.9 Å². The second kappa shape index (κ2) is 9.50. The van der Waals surface area contributed by atoms with Crippen LogP contribution in [0, 0.1) is 0 Å². The summed E-state index contributed by atoms with van der Waals surface area (Å²) >= 11 is 0. The third-order valence-electron chi connectivity index (χ3n) is 7.47. The van der Waals surface area contributed by atoms with E-state index in [1.807, 2.05) is 48.7 Å². The van der Waals surface area contributed by atoms with E-state index in [1.165, 1.54) is 5.39 Å². The van der Waals surface area contributed by atoms with Crippen LogP contribution in [0.3, 0.4) is 0 Å². The second-order valence-corrected chi connectivity index (χ2v) is 9.95. The monoisotopic (exact) mass is 528 g/mol. The number of benzene rings is 4. The number of pyridine rings is 2. The van der Waals surface area contributed by atoms with Crippen molar-refractivity contribution in [3.8, 4) is 17.3 Å². The first-order valence-electron chi connectivity index (χ1n) is 13.6. The van der Waals surface area contributed by atoms with E-state index >= 15 is 0 Å². The summed E-state index contributed by atoms with van der Waals surface area (Å²) in [5.41, 5.74) is 7.39. The fourth-order valence-electron chi connectivity index (χ4n) is 5.67. The lowest BCUT2D eigenvalue weighted by Crippen LogP contribution is -2.13. The van der Waals surface area contributed by atoms with Crippen molar-refractivity contribution >= 4 is 51.3 Å². The van der Waals surface area contributed by atoms with Crippen LogP contribution in [-0.4, -0.2) is 14.5 Å². The van der Waals surface area contributed by atoms with Crippen LogP contribution in [0.2, 0.25) is 0 Å². The Hall–Kier alpha value is -5.68. The molecule has 8 rings (SSSR count). The van der Waals surface area contributed by atoms with E-state index in [9.17, 15) is 0 Å². The van der Waals surface area contributed by atoms with Crippen molar-refractivity contribution in [1.29, 1.82) is 0 Å². The van der Waals surface area contributed by atoms with E-state index in [1.54, 1.807) is 0 Å². The SMILES string of the molecule is C1=Cc2ccccc2N(c2cccc(Oc3cccc(-n4c5ccccc5c5cccnc54)c3)n2)c2ccccc21. The molecule has 4 aromatic carbocycles. The van der Waals surface area contributed by atoms with Gasteiger partial charge in [0.15, 0.2) is 0 Å².